The largest absolute Gasteiger partial charge is 1.00 e. The van der Waals surface area contributed by atoms with Crippen LogP contribution in [0.2, 0.25) is 0 Å². The van der Waals surface area contributed by atoms with Crippen molar-refractivity contribution in [3.63, 3.8) is 0 Å². The SMILES string of the molecule is CCOC(=O)[CH-]C(=O)OCC.[Li+]. The fourth-order valence-electron chi connectivity index (χ4n) is 0.464. The van der Waals surface area contributed by atoms with Gasteiger partial charge in [-0.25, -0.2) is 0 Å². The third-order valence-corrected chi connectivity index (χ3v) is 0.809. The molecule has 4 nitrogen and oxygen atoms in total. The fraction of sp³-hybridized carbons (Fsp3) is 0.571. The Morgan fingerprint density at radius 1 is 1.08 bits per heavy atom. The quantitative estimate of drug-likeness (QED) is 0.198. The van der Waals surface area contributed by atoms with E-state index < -0.39 is 11.9 Å². The summed E-state index contributed by atoms with van der Waals surface area (Å²) in [7, 11) is 0. The summed E-state index contributed by atoms with van der Waals surface area (Å²) in [6.45, 7) is 3.84. The molecule has 0 heterocycles. The van der Waals surface area contributed by atoms with Gasteiger partial charge in [0.2, 0.25) is 0 Å². The zero-order valence-corrected chi connectivity index (χ0v) is 7.62. The van der Waals surface area contributed by atoms with E-state index in [1.807, 2.05) is 0 Å². The summed E-state index contributed by atoms with van der Waals surface area (Å²) < 4.78 is 8.93. The van der Waals surface area contributed by atoms with Crippen molar-refractivity contribution < 1.29 is 37.9 Å². The van der Waals surface area contributed by atoms with Crippen molar-refractivity contribution >= 4 is 11.9 Å². The van der Waals surface area contributed by atoms with Gasteiger partial charge in [0, 0.05) is 0 Å². The van der Waals surface area contributed by atoms with E-state index in [0.717, 1.165) is 6.42 Å². The van der Waals surface area contributed by atoms with Gasteiger partial charge in [-0.15, -0.1) is 0 Å². The number of carbonyl (C=O) groups excluding carboxylic acids is 2. The van der Waals surface area contributed by atoms with E-state index in [9.17, 15) is 9.59 Å². The number of carbonyl (C=O) groups is 2. The van der Waals surface area contributed by atoms with Crippen molar-refractivity contribution in [2.45, 2.75) is 13.8 Å². The van der Waals surface area contributed by atoms with Crippen LogP contribution in [0.1, 0.15) is 13.8 Å². The van der Waals surface area contributed by atoms with E-state index in [4.69, 9.17) is 0 Å². The average Bonchev–Trinajstić information content (AvgIpc) is 1.87. The van der Waals surface area contributed by atoms with Crippen molar-refractivity contribution in [1.82, 2.24) is 0 Å². The van der Waals surface area contributed by atoms with Gasteiger partial charge in [0.25, 0.3) is 0 Å². The molecule has 0 spiro atoms. The first kappa shape index (κ1) is 14.0. The molecule has 0 amide bonds. The van der Waals surface area contributed by atoms with E-state index in [-0.39, 0.29) is 32.1 Å². The predicted molar refractivity (Wildman–Crippen MR) is 37.6 cm³/mol. The summed E-state index contributed by atoms with van der Waals surface area (Å²) in [4.78, 5) is 21.1. The van der Waals surface area contributed by atoms with Gasteiger partial charge in [0.05, 0.1) is 13.2 Å². The molecule has 0 aliphatic heterocycles. The second kappa shape index (κ2) is 8.50. The van der Waals surface area contributed by atoms with Crippen LogP contribution in [0.4, 0.5) is 0 Å². The molecule has 0 saturated heterocycles. The van der Waals surface area contributed by atoms with Crippen LogP contribution in [0.15, 0.2) is 0 Å². The zero-order chi connectivity index (χ0) is 8.69. The molecule has 0 N–H and O–H groups in total. The molecule has 0 saturated carbocycles. The number of esters is 2. The van der Waals surface area contributed by atoms with Crippen molar-refractivity contribution in [3.05, 3.63) is 6.42 Å². The summed E-state index contributed by atoms with van der Waals surface area (Å²) in [5, 5.41) is 0. The van der Waals surface area contributed by atoms with Gasteiger partial charge in [-0.05, 0) is 13.8 Å². The van der Waals surface area contributed by atoms with Crippen LogP contribution < -0.4 is 18.9 Å². The minimum absolute atomic E-state index is 0. The van der Waals surface area contributed by atoms with E-state index in [0.29, 0.717) is 0 Å². The van der Waals surface area contributed by atoms with Crippen LogP contribution in [0.5, 0.6) is 0 Å². The zero-order valence-electron chi connectivity index (χ0n) is 7.62. The first-order valence-corrected chi connectivity index (χ1v) is 3.39. The molecular weight excluding hydrogens is 155 g/mol. The molecule has 0 aromatic rings. The van der Waals surface area contributed by atoms with Crippen LogP contribution >= 0.6 is 0 Å². The van der Waals surface area contributed by atoms with Gasteiger partial charge in [0.1, 0.15) is 0 Å². The molecule has 0 aromatic carbocycles. The number of ether oxygens (including phenoxy) is 2. The summed E-state index contributed by atoms with van der Waals surface area (Å²) in [6.07, 6.45) is 0.785. The summed E-state index contributed by atoms with van der Waals surface area (Å²) in [5.74, 6) is -1.32. The van der Waals surface area contributed by atoms with Gasteiger partial charge in [-0.3, -0.25) is 9.59 Å². The van der Waals surface area contributed by atoms with Gasteiger partial charge in [-0.2, -0.15) is 6.42 Å². The molecule has 0 radical (unpaired) electrons. The first-order valence-electron chi connectivity index (χ1n) is 3.39. The summed E-state index contributed by atoms with van der Waals surface area (Å²) in [5.41, 5.74) is 0. The third kappa shape index (κ3) is 7.51. The molecule has 5 heteroatoms. The Morgan fingerprint density at radius 3 is 1.67 bits per heavy atom. The Balaban J connectivity index is 0. The molecule has 0 atom stereocenters. The summed E-state index contributed by atoms with van der Waals surface area (Å²) >= 11 is 0. The molecule has 0 fully saturated rings. The smallest absolute Gasteiger partial charge is 0.488 e. The molecule has 0 unspecified atom stereocenters. The van der Waals surface area contributed by atoms with Crippen molar-refractivity contribution in [1.29, 1.82) is 0 Å². The maximum atomic E-state index is 10.5. The molecule has 0 rings (SSSR count). The Labute approximate surface area is 83.8 Å². The first-order chi connectivity index (χ1) is 5.20. The standard InChI is InChI=1S/C7H11O4.Li/c1-3-10-6(8)5-7(9)11-4-2;/h5H,3-4H2,1-2H3;/q-1;+1. The van der Waals surface area contributed by atoms with Gasteiger partial charge >= 0.3 is 18.9 Å². The normalized spacial score (nSPS) is 7.83. The molecule has 0 aliphatic carbocycles. The molecule has 0 aromatic heterocycles. The Hall–Kier alpha value is -0.593. The minimum Gasteiger partial charge on any atom is -0.488 e. The summed E-state index contributed by atoms with van der Waals surface area (Å²) in [6, 6.07) is 0. The van der Waals surface area contributed by atoms with Gasteiger partial charge in [0.15, 0.2) is 11.9 Å². The van der Waals surface area contributed by atoms with Crippen LogP contribution in [-0.2, 0) is 19.1 Å². The Kier molecular flexibility index (Phi) is 9.89. The molecular formula is C7H11LiO4. The van der Waals surface area contributed by atoms with Gasteiger partial charge < -0.3 is 9.47 Å². The van der Waals surface area contributed by atoms with Crippen molar-refractivity contribution in [2.75, 3.05) is 13.2 Å². The van der Waals surface area contributed by atoms with Crippen LogP contribution in [-0.4, -0.2) is 25.2 Å². The van der Waals surface area contributed by atoms with E-state index in [1.54, 1.807) is 13.8 Å². The van der Waals surface area contributed by atoms with Crippen molar-refractivity contribution in [2.24, 2.45) is 0 Å². The predicted octanol–water partition coefficient (Wildman–Crippen LogP) is -2.68. The Bertz CT molecular complexity index is 130. The number of hydrogen-bond acceptors (Lipinski definition) is 4. The molecule has 0 bridgehead atoms. The van der Waals surface area contributed by atoms with Crippen LogP contribution in [0.3, 0.4) is 0 Å². The second-order valence-corrected chi connectivity index (χ2v) is 1.65. The Morgan fingerprint density at radius 2 is 1.42 bits per heavy atom. The molecule has 0 aliphatic rings. The monoisotopic (exact) mass is 166 g/mol. The minimum atomic E-state index is -0.661. The molecule has 64 valence electrons. The second-order valence-electron chi connectivity index (χ2n) is 1.65. The average molecular weight is 166 g/mol. The van der Waals surface area contributed by atoms with E-state index in [2.05, 4.69) is 9.47 Å². The van der Waals surface area contributed by atoms with E-state index >= 15 is 0 Å². The maximum absolute atomic E-state index is 10.5. The van der Waals surface area contributed by atoms with Crippen molar-refractivity contribution in [3.8, 4) is 0 Å². The maximum Gasteiger partial charge on any atom is 1.00 e. The number of rotatable bonds is 4. The number of hydrogen-bond donors (Lipinski definition) is 0. The van der Waals surface area contributed by atoms with Crippen LogP contribution in [0.25, 0.3) is 0 Å². The molecule has 12 heavy (non-hydrogen) atoms. The van der Waals surface area contributed by atoms with Gasteiger partial charge in [-0.1, -0.05) is 0 Å². The van der Waals surface area contributed by atoms with E-state index in [1.165, 1.54) is 0 Å². The van der Waals surface area contributed by atoms with Crippen LogP contribution in [0, 0.1) is 6.42 Å². The topological polar surface area (TPSA) is 52.6 Å². The third-order valence-electron chi connectivity index (χ3n) is 0.809. The fourth-order valence-corrected chi connectivity index (χ4v) is 0.464.